The summed E-state index contributed by atoms with van der Waals surface area (Å²) in [6, 6.07) is 9.70. The van der Waals surface area contributed by atoms with Crippen molar-refractivity contribution in [1.29, 1.82) is 0 Å². The molecule has 0 aliphatic heterocycles. The average molecular weight is 375 g/mol. The number of aromatic nitrogens is 4. The van der Waals surface area contributed by atoms with Crippen LogP contribution in [0, 0.1) is 0 Å². The third kappa shape index (κ3) is 5.04. The normalized spacial score (nSPS) is 10.6. The fourth-order valence-electron chi connectivity index (χ4n) is 2.36. The van der Waals surface area contributed by atoms with Crippen LogP contribution in [0.25, 0.3) is 0 Å². The van der Waals surface area contributed by atoms with Crippen molar-refractivity contribution in [3.8, 4) is 0 Å². The van der Waals surface area contributed by atoms with Gasteiger partial charge in [-0.2, -0.15) is 10.2 Å². The molecule has 3 aromatic rings. The van der Waals surface area contributed by atoms with Crippen LogP contribution >= 0.6 is 23.8 Å². The van der Waals surface area contributed by atoms with Crippen molar-refractivity contribution in [2.24, 2.45) is 0 Å². The van der Waals surface area contributed by atoms with Crippen LogP contribution in [0.2, 0.25) is 5.02 Å². The van der Waals surface area contributed by atoms with Gasteiger partial charge in [0.2, 0.25) is 0 Å². The summed E-state index contributed by atoms with van der Waals surface area (Å²) in [5.41, 5.74) is 2.87. The second-order valence-corrected chi connectivity index (χ2v) is 6.37. The minimum absolute atomic E-state index is 0.536. The fraction of sp³-hybridized carbons (Fsp3) is 0.235. The van der Waals surface area contributed by atoms with Gasteiger partial charge in [0.25, 0.3) is 0 Å². The van der Waals surface area contributed by atoms with Crippen molar-refractivity contribution in [2.75, 3.05) is 5.32 Å². The zero-order chi connectivity index (χ0) is 17.6. The maximum Gasteiger partial charge on any atom is 0.171 e. The summed E-state index contributed by atoms with van der Waals surface area (Å²) in [4.78, 5) is 0. The highest BCUT2D eigenvalue weighted by atomic mass is 35.5. The van der Waals surface area contributed by atoms with Crippen LogP contribution in [0.5, 0.6) is 0 Å². The summed E-state index contributed by atoms with van der Waals surface area (Å²) < 4.78 is 3.72. The number of hydrogen-bond acceptors (Lipinski definition) is 3. The van der Waals surface area contributed by atoms with Crippen molar-refractivity contribution < 1.29 is 0 Å². The van der Waals surface area contributed by atoms with Gasteiger partial charge < -0.3 is 10.6 Å². The van der Waals surface area contributed by atoms with Gasteiger partial charge >= 0.3 is 0 Å². The van der Waals surface area contributed by atoms with Gasteiger partial charge in [-0.1, -0.05) is 23.7 Å². The average Bonchev–Trinajstić information content (AvgIpc) is 3.22. The number of thiocarbonyl (C=S) groups is 1. The van der Waals surface area contributed by atoms with Gasteiger partial charge in [-0.3, -0.25) is 9.36 Å². The predicted octanol–water partition coefficient (Wildman–Crippen LogP) is 3.29. The van der Waals surface area contributed by atoms with E-state index in [0.29, 0.717) is 18.2 Å². The summed E-state index contributed by atoms with van der Waals surface area (Å²) in [7, 11) is 0. The molecule has 0 spiro atoms. The molecule has 2 heterocycles. The van der Waals surface area contributed by atoms with E-state index < -0.39 is 0 Å². The largest absolute Gasteiger partial charge is 0.357 e. The Hall–Kier alpha value is -2.38. The number of nitrogens with zero attached hydrogens (tertiary/aromatic N) is 4. The number of anilines is 1. The number of aryl methyl sites for hydroxylation is 1. The standard InChI is InChI=1S/C17H19ClN6S/c1-2-23-7-6-15(22-23)9-19-17(25)21-16-10-20-24(12-16)11-13-4-3-5-14(18)8-13/h3-8,10,12H,2,9,11H2,1H3,(H2,19,21,25). The topological polar surface area (TPSA) is 59.7 Å². The monoisotopic (exact) mass is 374 g/mol. The van der Waals surface area contributed by atoms with E-state index in [0.717, 1.165) is 28.5 Å². The molecule has 0 saturated heterocycles. The maximum absolute atomic E-state index is 6.01. The molecule has 1 aromatic carbocycles. The summed E-state index contributed by atoms with van der Waals surface area (Å²) in [5, 5.41) is 16.3. The Morgan fingerprint density at radius 1 is 1.28 bits per heavy atom. The summed E-state index contributed by atoms with van der Waals surface area (Å²) in [6.45, 7) is 4.14. The quantitative estimate of drug-likeness (QED) is 0.648. The van der Waals surface area contributed by atoms with Gasteiger partial charge in [-0.15, -0.1) is 0 Å². The Morgan fingerprint density at radius 3 is 2.92 bits per heavy atom. The molecular formula is C17H19ClN6S. The molecule has 0 radical (unpaired) electrons. The van der Waals surface area contributed by atoms with Crippen molar-refractivity contribution >= 4 is 34.6 Å². The highest BCUT2D eigenvalue weighted by molar-refractivity contribution is 7.80. The van der Waals surface area contributed by atoms with Crippen molar-refractivity contribution in [1.82, 2.24) is 24.9 Å². The van der Waals surface area contributed by atoms with Gasteiger partial charge in [0.05, 0.1) is 30.7 Å². The highest BCUT2D eigenvalue weighted by Crippen LogP contribution is 2.13. The van der Waals surface area contributed by atoms with E-state index in [1.54, 1.807) is 6.20 Å². The first-order chi connectivity index (χ1) is 12.1. The van der Waals surface area contributed by atoms with Crippen molar-refractivity contribution in [3.63, 3.8) is 0 Å². The lowest BCUT2D eigenvalue weighted by atomic mass is 10.2. The predicted molar refractivity (Wildman–Crippen MR) is 104 cm³/mol. The third-order valence-corrected chi connectivity index (χ3v) is 4.06. The Morgan fingerprint density at radius 2 is 2.16 bits per heavy atom. The molecule has 0 bridgehead atoms. The molecule has 0 amide bonds. The van der Waals surface area contributed by atoms with E-state index in [-0.39, 0.29) is 0 Å². The second-order valence-electron chi connectivity index (χ2n) is 5.53. The maximum atomic E-state index is 6.01. The number of nitrogens with one attached hydrogen (secondary N) is 2. The van der Waals surface area contributed by atoms with E-state index in [1.165, 1.54) is 0 Å². The molecule has 0 aliphatic rings. The van der Waals surface area contributed by atoms with Crippen molar-refractivity contribution in [2.45, 2.75) is 26.6 Å². The van der Waals surface area contributed by atoms with Crippen LogP contribution in [-0.4, -0.2) is 24.7 Å². The Bertz CT molecular complexity index is 856. The van der Waals surface area contributed by atoms with Gasteiger partial charge in [0.1, 0.15) is 0 Å². The summed E-state index contributed by atoms with van der Waals surface area (Å²) >= 11 is 11.3. The molecule has 3 rings (SSSR count). The third-order valence-electron chi connectivity index (χ3n) is 3.57. The molecule has 0 unspecified atom stereocenters. The molecule has 0 aliphatic carbocycles. The molecular weight excluding hydrogens is 356 g/mol. The fourth-order valence-corrected chi connectivity index (χ4v) is 2.76. The summed E-state index contributed by atoms with van der Waals surface area (Å²) in [6.07, 6.45) is 5.60. The van der Waals surface area contributed by atoms with Gasteiger partial charge in [-0.05, 0) is 42.9 Å². The molecule has 6 nitrogen and oxygen atoms in total. The van der Waals surface area contributed by atoms with Crippen LogP contribution in [0.3, 0.4) is 0 Å². The lowest BCUT2D eigenvalue weighted by molar-refractivity contribution is 0.643. The number of benzene rings is 1. The number of hydrogen-bond donors (Lipinski definition) is 2. The SMILES string of the molecule is CCn1ccc(CNC(=S)Nc2cnn(Cc3cccc(Cl)c3)c2)n1. The first kappa shape index (κ1) is 17.4. The molecule has 2 N–H and O–H groups in total. The van der Waals surface area contributed by atoms with Gasteiger partial charge in [-0.25, -0.2) is 0 Å². The van der Waals surface area contributed by atoms with E-state index in [9.17, 15) is 0 Å². The molecule has 25 heavy (non-hydrogen) atoms. The summed E-state index contributed by atoms with van der Waals surface area (Å²) in [5.74, 6) is 0. The first-order valence-electron chi connectivity index (χ1n) is 7.96. The van der Waals surface area contributed by atoms with E-state index >= 15 is 0 Å². The van der Waals surface area contributed by atoms with Crippen LogP contribution in [0.15, 0.2) is 48.9 Å². The number of halogens is 1. The van der Waals surface area contributed by atoms with E-state index in [1.807, 2.05) is 52.1 Å². The number of rotatable bonds is 6. The lowest BCUT2D eigenvalue weighted by Crippen LogP contribution is -2.28. The molecule has 0 saturated carbocycles. The minimum atomic E-state index is 0.536. The Kier molecular flexibility index (Phi) is 5.67. The van der Waals surface area contributed by atoms with E-state index in [2.05, 4.69) is 27.8 Å². The smallest absolute Gasteiger partial charge is 0.171 e. The molecule has 8 heteroatoms. The van der Waals surface area contributed by atoms with Crippen LogP contribution in [0.4, 0.5) is 5.69 Å². The lowest BCUT2D eigenvalue weighted by Gasteiger charge is -2.07. The van der Waals surface area contributed by atoms with Crippen LogP contribution < -0.4 is 10.6 Å². The van der Waals surface area contributed by atoms with Crippen LogP contribution in [0.1, 0.15) is 18.2 Å². The van der Waals surface area contributed by atoms with Crippen LogP contribution in [-0.2, 0) is 19.6 Å². The first-order valence-corrected chi connectivity index (χ1v) is 8.75. The van der Waals surface area contributed by atoms with Gasteiger partial charge in [0, 0.05) is 24.0 Å². The Balaban J connectivity index is 1.51. The zero-order valence-electron chi connectivity index (χ0n) is 13.8. The van der Waals surface area contributed by atoms with Crippen molar-refractivity contribution in [3.05, 3.63) is 65.2 Å². The molecule has 0 atom stereocenters. The second kappa shape index (κ2) is 8.13. The zero-order valence-corrected chi connectivity index (χ0v) is 15.4. The molecule has 130 valence electrons. The Labute approximate surface area is 156 Å². The minimum Gasteiger partial charge on any atom is -0.357 e. The molecule has 0 fully saturated rings. The van der Waals surface area contributed by atoms with Gasteiger partial charge in [0.15, 0.2) is 5.11 Å². The van der Waals surface area contributed by atoms with E-state index in [4.69, 9.17) is 23.8 Å². The highest BCUT2D eigenvalue weighted by Gasteiger charge is 2.04. The molecule has 2 aromatic heterocycles.